The van der Waals surface area contributed by atoms with Crippen LogP contribution in [0, 0.1) is 0 Å². The number of hydrogen-bond acceptors (Lipinski definition) is 8. The fourth-order valence-electron chi connectivity index (χ4n) is 3.45. The van der Waals surface area contributed by atoms with Crippen LogP contribution in [-0.4, -0.2) is 32.4 Å². The molecular weight excluding hydrogens is 436 g/mol. The Balaban J connectivity index is 1.67. The van der Waals surface area contributed by atoms with E-state index in [-0.39, 0.29) is 30.1 Å². The molecule has 5 rings (SSSR count). The predicted molar refractivity (Wildman–Crippen MR) is 117 cm³/mol. The third kappa shape index (κ3) is 3.69. The van der Waals surface area contributed by atoms with Gasteiger partial charge < -0.3 is 14.6 Å². The average Bonchev–Trinajstić information content (AvgIpc) is 3.52. The second-order valence-corrected chi connectivity index (χ2v) is 8.34. The monoisotopic (exact) mass is 450 g/mol. The molecule has 1 aliphatic heterocycles. The number of benzene rings is 2. The molecule has 0 saturated carbocycles. The first-order valence-corrected chi connectivity index (χ1v) is 10.9. The SMILES string of the molecule is O=C(O)C(=C(Cc1cccs1)C(=O)c1ccc2c(c1)OCO2)c1ccc2nsnc2c1. The number of allylic oxidation sites excluding steroid dienone is 1. The van der Waals surface area contributed by atoms with E-state index >= 15 is 0 Å². The highest BCUT2D eigenvalue weighted by atomic mass is 32.1. The molecular formula is C22H14N2O5S2. The van der Waals surface area contributed by atoms with Crippen molar-refractivity contribution in [3.05, 3.63) is 75.5 Å². The molecule has 0 atom stereocenters. The summed E-state index contributed by atoms with van der Waals surface area (Å²) in [7, 11) is 0. The van der Waals surface area contributed by atoms with E-state index in [1.807, 2.05) is 17.5 Å². The average molecular weight is 450 g/mol. The summed E-state index contributed by atoms with van der Waals surface area (Å²) in [5.74, 6) is -0.530. The summed E-state index contributed by atoms with van der Waals surface area (Å²) in [6, 6.07) is 13.7. The van der Waals surface area contributed by atoms with Crippen LogP contribution in [0.2, 0.25) is 0 Å². The molecule has 4 aromatic rings. The summed E-state index contributed by atoms with van der Waals surface area (Å²) in [6.45, 7) is 0.0902. The normalized spacial score (nSPS) is 13.3. The van der Waals surface area contributed by atoms with E-state index in [0.29, 0.717) is 33.7 Å². The highest BCUT2D eigenvalue weighted by Gasteiger charge is 2.26. The lowest BCUT2D eigenvalue weighted by Crippen LogP contribution is -2.13. The van der Waals surface area contributed by atoms with Gasteiger partial charge in [0.05, 0.1) is 17.3 Å². The molecule has 1 aliphatic rings. The van der Waals surface area contributed by atoms with Crippen molar-refractivity contribution >= 4 is 51.4 Å². The van der Waals surface area contributed by atoms with Crippen LogP contribution in [0.15, 0.2) is 59.5 Å². The molecule has 0 unspecified atom stereocenters. The zero-order valence-electron chi connectivity index (χ0n) is 15.9. The molecule has 0 saturated heterocycles. The van der Waals surface area contributed by atoms with E-state index in [1.165, 1.54) is 11.3 Å². The van der Waals surface area contributed by atoms with Crippen molar-refractivity contribution in [1.29, 1.82) is 0 Å². The van der Waals surface area contributed by atoms with Crippen molar-refractivity contribution in [3.63, 3.8) is 0 Å². The Bertz CT molecular complexity index is 1340. The number of thiophene rings is 1. The standard InChI is InChI=1S/C22H14N2O5S2/c25-21(13-4-6-18-19(9-13)29-11-28-18)15(10-14-2-1-7-30-14)20(22(26)27)12-3-5-16-17(8-12)24-31-23-16/h1-9H,10-11H2,(H,26,27). The maximum Gasteiger partial charge on any atom is 0.336 e. The first-order chi connectivity index (χ1) is 15.1. The number of Topliss-reactive ketones (excluding diaryl/α,β-unsaturated/α-hetero) is 1. The maximum atomic E-state index is 13.6. The molecule has 0 aliphatic carbocycles. The van der Waals surface area contributed by atoms with Crippen LogP contribution in [0.3, 0.4) is 0 Å². The first kappa shape index (κ1) is 19.4. The number of ether oxygens (including phenoxy) is 2. The van der Waals surface area contributed by atoms with E-state index < -0.39 is 5.97 Å². The van der Waals surface area contributed by atoms with Gasteiger partial charge in [0.15, 0.2) is 17.3 Å². The summed E-state index contributed by atoms with van der Waals surface area (Å²) in [5.41, 5.74) is 2.16. The second-order valence-electron chi connectivity index (χ2n) is 6.78. The Morgan fingerprint density at radius 1 is 0.968 bits per heavy atom. The van der Waals surface area contributed by atoms with Crippen LogP contribution in [0.25, 0.3) is 16.6 Å². The molecule has 1 N–H and O–H groups in total. The smallest absolute Gasteiger partial charge is 0.336 e. The van der Waals surface area contributed by atoms with Gasteiger partial charge in [-0.2, -0.15) is 8.75 Å². The van der Waals surface area contributed by atoms with Crippen LogP contribution in [0.1, 0.15) is 20.8 Å². The Morgan fingerprint density at radius 2 is 1.77 bits per heavy atom. The van der Waals surface area contributed by atoms with Crippen molar-refractivity contribution in [2.24, 2.45) is 0 Å². The van der Waals surface area contributed by atoms with Crippen molar-refractivity contribution in [2.45, 2.75) is 6.42 Å². The van der Waals surface area contributed by atoms with Crippen LogP contribution >= 0.6 is 23.1 Å². The molecule has 0 bridgehead atoms. The number of carboxylic acids is 1. The minimum absolute atomic E-state index is 0.0500. The number of ketones is 1. The van der Waals surface area contributed by atoms with E-state index in [9.17, 15) is 14.7 Å². The molecule has 154 valence electrons. The second kappa shape index (κ2) is 7.93. The molecule has 0 spiro atoms. The molecule has 0 radical (unpaired) electrons. The first-order valence-electron chi connectivity index (χ1n) is 9.26. The zero-order chi connectivity index (χ0) is 21.4. The van der Waals surface area contributed by atoms with Gasteiger partial charge in [-0.15, -0.1) is 11.3 Å². The molecule has 2 aromatic carbocycles. The minimum atomic E-state index is -1.18. The van der Waals surface area contributed by atoms with Gasteiger partial charge in [0.25, 0.3) is 0 Å². The zero-order valence-corrected chi connectivity index (χ0v) is 17.5. The number of fused-ring (bicyclic) bond motifs is 2. The van der Waals surface area contributed by atoms with Crippen LogP contribution in [0.4, 0.5) is 0 Å². The minimum Gasteiger partial charge on any atom is -0.478 e. The lowest BCUT2D eigenvalue weighted by Gasteiger charge is -2.12. The number of carboxylic acid groups (broad SMARTS) is 1. The Labute approximate surface area is 184 Å². The number of carbonyl (C=O) groups is 2. The predicted octanol–water partition coefficient (Wildman–Crippen LogP) is 4.45. The van der Waals surface area contributed by atoms with E-state index in [1.54, 1.807) is 36.4 Å². The number of carbonyl (C=O) groups excluding carboxylic acids is 1. The van der Waals surface area contributed by atoms with E-state index in [4.69, 9.17) is 9.47 Å². The molecule has 0 fully saturated rings. The van der Waals surface area contributed by atoms with E-state index in [0.717, 1.165) is 16.6 Å². The highest BCUT2D eigenvalue weighted by Crippen LogP contribution is 2.35. The Kier molecular flexibility index (Phi) is 4.97. The van der Waals surface area contributed by atoms with Crippen molar-refractivity contribution in [2.75, 3.05) is 6.79 Å². The lowest BCUT2D eigenvalue weighted by molar-refractivity contribution is -0.130. The van der Waals surface area contributed by atoms with Gasteiger partial charge in [-0.25, -0.2) is 4.79 Å². The third-order valence-corrected chi connectivity index (χ3v) is 6.33. The molecule has 9 heteroatoms. The molecule has 0 amide bonds. The summed E-state index contributed by atoms with van der Waals surface area (Å²) in [6.07, 6.45) is 0.194. The van der Waals surface area contributed by atoms with Gasteiger partial charge in [-0.05, 0) is 47.3 Å². The van der Waals surface area contributed by atoms with Gasteiger partial charge in [0, 0.05) is 22.4 Å². The van der Waals surface area contributed by atoms with Crippen LogP contribution in [0.5, 0.6) is 11.5 Å². The van der Waals surface area contributed by atoms with Crippen LogP contribution in [-0.2, 0) is 11.2 Å². The van der Waals surface area contributed by atoms with Gasteiger partial charge in [0.1, 0.15) is 11.0 Å². The number of hydrogen-bond donors (Lipinski definition) is 1. The van der Waals surface area contributed by atoms with Gasteiger partial charge >= 0.3 is 5.97 Å². The highest BCUT2D eigenvalue weighted by molar-refractivity contribution is 7.09. The summed E-state index contributed by atoms with van der Waals surface area (Å²) in [5, 5.41) is 12.0. The maximum absolute atomic E-state index is 13.6. The molecule has 7 nitrogen and oxygen atoms in total. The van der Waals surface area contributed by atoms with Gasteiger partial charge in [-0.3, -0.25) is 4.79 Å². The molecule has 31 heavy (non-hydrogen) atoms. The number of aromatic nitrogens is 2. The summed E-state index contributed by atoms with van der Waals surface area (Å²) < 4.78 is 19.1. The molecule has 3 heterocycles. The number of rotatable bonds is 6. The number of nitrogens with zero attached hydrogens (tertiary/aromatic N) is 2. The Hall–Kier alpha value is -3.56. The van der Waals surface area contributed by atoms with Crippen molar-refractivity contribution in [3.8, 4) is 11.5 Å². The molecule has 2 aromatic heterocycles. The van der Waals surface area contributed by atoms with E-state index in [2.05, 4.69) is 8.75 Å². The van der Waals surface area contributed by atoms with Crippen LogP contribution < -0.4 is 9.47 Å². The largest absolute Gasteiger partial charge is 0.478 e. The third-order valence-electron chi connectivity index (χ3n) is 4.90. The fraction of sp³-hybridized carbons (Fsp3) is 0.0909. The van der Waals surface area contributed by atoms with Gasteiger partial charge in [-0.1, -0.05) is 12.1 Å². The van der Waals surface area contributed by atoms with Crippen molar-refractivity contribution in [1.82, 2.24) is 8.75 Å². The topological polar surface area (TPSA) is 98.6 Å². The van der Waals surface area contributed by atoms with Crippen molar-refractivity contribution < 1.29 is 24.2 Å². The fourth-order valence-corrected chi connectivity index (χ4v) is 4.68. The Morgan fingerprint density at radius 3 is 2.58 bits per heavy atom. The lowest BCUT2D eigenvalue weighted by atomic mass is 9.91. The summed E-state index contributed by atoms with van der Waals surface area (Å²) in [4.78, 5) is 26.8. The van der Waals surface area contributed by atoms with Gasteiger partial charge in [0.2, 0.25) is 6.79 Å². The summed E-state index contributed by atoms with van der Waals surface area (Å²) >= 11 is 2.52. The quantitative estimate of drug-likeness (QED) is 0.342. The number of aliphatic carboxylic acids is 1.